The molecular weight excluding hydrogens is 156 g/mol. The van der Waals surface area contributed by atoms with Crippen LogP contribution in [-0.2, 0) is 0 Å². The third-order valence-electron chi connectivity index (χ3n) is 2.52. The lowest BCUT2D eigenvalue weighted by Gasteiger charge is -2.10. The van der Waals surface area contributed by atoms with Crippen molar-refractivity contribution in [2.24, 2.45) is 0 Å². The maximum Gasteiger partial charge on any atom is 0.00207 e. The Morgan fingerprint density at radius 3 is 2.69 bits per heavy atom. The second kappa shape index (κ2) is 5.65. The van der Waals surface area contributed by atoms with Gasteiger partial charge in [0.2, 0.25) is 0 Å². The number of allylic oxidation sites excluding steroid dienone is 4. The Morgan fingerprint density at radius 1 is 1.31 bits per heavy atom. The minimum atomic E-state index is 1.08. The maximum atomic E-state index is 5.32. The van der Waals surface area contributed by atoms with Crippen molar-refractivity contribution in [3.05, 3.63) is 23.3 Å². The highest BCUT2D eigenvalue weighted by atomic mass is 14.1. The van der Waals surface area contributed by atoms with Crippen LogP contribution in [0, 0.1) is 12.3 Å². The molecule has 0 aromatic rings. The lowest BCUT2D eigenvalue weighted by Crippen LogP contribution is -1.92. The largest absolute Gasteiger partial charge is 0.115 e. The first-order valence-electron chi connectivity index (χ1n) is 5.22. The Kier molecular flexibility index (Phi) is 4.40. The van der Waals surface area contributed by atoms with Crippen molar-refractivity contribution in [1.29, 1.82) is 0 Å². The van der Waals surface area contributed by atoms with Crippen molar-refractivity contribution >= 4 is 0 Å². The molecule has 0 fully saturated rings. The van der Waals surface area contributed by atoms with Crippen molar-refractivity contribution in [3.63, 3.8) is 0 Å². The van der Waals surface area contributed by atoms with E-state index in [1.807, 2.05) is 0 Å². The monoisotopic (exact) mass is 174 g/mol. The van der Waals surface area contributed by atoms with E-state index >= 15 is 0 Å². The molecule has 1 aliphatic carbocycles. The Bertz CT molecular complexity index is 248. The van der Waals surface area contributed by atoms with Gasteiger partial charge in [-0.25, -0.2) is 0 Å². The van der Waals surface area contributed by atoms with Crippen LogP contribution in [0.2, 0.25) is 0 Å². The van der Waals surface area contributed by atoms with Gasteiger partial charge in [0.1, 0.15) is 0 Å². The molecule has 0 spiro atoms. The van der Waals surface area contributed by atoms with Crippen LogP contribution >= 0.6 is 0 Å². The minimum Gasteiger partial charge on any atom is -0.115 e. The van der Waals surface area contributed by atoms with E-state index in [4.69, 9.17) is 6.42 Å². The third kappa shape index (κ3) is 3.51. The van der Waals surface area contributed by atoms with Crippen molar-refractivity contribution < 1.29 is 0 Å². The standard InChI is InChI=1S/C13H18/c1-3-5-6-7-13-10-8-12(4-2)9-11-13/h2,8,10H,3,5-7,9,11H2,1H3. The van der Waals surface area contributed by atoms with Crippen molar-refractivity contribution in [3.8, 4) is 12.3 Å². The topological polar surface area (TPSA) is 0 Å². The summed E-state index contributed by atoms with van der Waals surface area (Å²) in [7, 11) is 0. The zero-order valence-corrected chi connectivity index (χ0v) is 8.47. The molecule has 0 nitrogen and oxygen atoms in total. The molecule has 0 aliphatic heterocycles. The molecule has 0 aromatic heterocycles. The summed E-state index contributed by atoms with van der Waals surface area (Å²) in [5.41, 5.74) is 2.73. The molecule has 0 saturated carbocycles. The molecule has 1 aliphatic rings. The zero-order chi connectivity index (χ0) is 9.52. The second-order valence-electron chi connectivity index (χ2n) is 3.62. The molecule has 0 atom stereocenters. The summed E-state index contributed by atoms with van der Waals surface area (Å²) in [5.74, 6) is 2.71. The molecule has 0 N–H and O–H groups in total. The Hall–Kier alpha value is -0.960. The van der Waals surface area contributed by atoms with Gasteiger partial charge in [-0.2, -0.15) is 0 Å². The maximum absolute atomic E-state index is 5.32. The average Bonchev–Trinajstić information content (AvgIpc) is 2.19. The fourth-order valence-electron chi connectivity index (χ4n) is 1.61. The molecule has 13 heavy (non-hydrogen) atoms. The van der Waals surface area contributed by atoms with Crippen LogP contribution in [0.1, 0.15) is 45.4 Å². The first-order valence-corrected chi connectivity index (χ1v) is 5.22. The highest BCUT2D eigenvalue weighted by Crippen LogP contribution is 2.21. The third-order valence-corrected chi connectivity index (χ3v) is 2.52. The van der Waals surface area contributed by atoms with Gasteiger partial charge in [0.25, 0.3) is 0 Å². The highest BCUT2D eigenvalue weighted by molar-refractivity contribution is 5.34. The van der Waals surface area contributed by atoms with E-state index in [1.165, 1.54) is 32.1 Å². The van der Waals surface area contributed by atoms with E-state index in [0.717, 1.165) is 12.0 Å². The Morgan fingerprint density at radius 2 is 2.15 bits per heavy atom. The van der Waals surface area contributed by atoms with Crippen LogP contribution < -0.4 is 0 Å². The summed E-state index contributed by atoms with van der Waals surface area (Å²) in [6.07, 6.45) is 17.2. The molecule has 0 aromatic carbocycles. The second-order valence-corrected chi connectivity index (χ2v) is 3.62. The highest BCUT2D eigenvalue weighted by Gasteiger charge is 2.03. The van der Waals surface area contributed by atoms with E-state index in [-0.39, 0.29) is 0 Å². The molecular formula is C13H18. The van der Waals surface area contributed by atoms with Crippen LogP contribution in [0.15, 0.2) is 23.3 Å². The van der Waals surface area contributed by atoms with E-state index < -0.39 is 0 Å². The predicted octanol–water partition coefficient (Wildman–Crippen LogP) is 3.85. The summed E-state index contributed by atoms with van der Waals surface area (Å²) in [6.45, 7) is 2.24. The molecule has 0 unspecified atom stereocenters. The van der Waals surface area contributed by atoms with Crippen LogP contribution in [0.4, 0.5) is 0 Å². The smallest absolute Gasteiger partial charge is 0.00207 e. The number of hydrogen-bond donors (Lipinski definition) is 0. The Balaban J connectivity index is 2.33. The van der Waals surface area contributed by atoms with Crippen molar-refractivity contribution in [2.45, 2.75) is 45.4 Å². The SMILES string of the molecule is C#CC1=CC=C(CCCCC)CC1. The summed E-state index contributed by atoms with van der Waals surface area (Å²) in [4.78, 5) is 0. The van der Waals surface area contributed by atoms with Crippen molar-refractivity contribution in [2.75, 3.05) is 0 Å². The molecule has 0 heterocycles. The van der Waals surface area contributed by atoms with Gasteiger partial charge in [0.05, 0.1) is 0 Å². The lowest BCUT2D eigenvalue weighted by molar-refractivity contribution is 0.692. The fourth-order valence-corrected chi connectivity index (χ4v) is 1.61. The molecule has 0 saturated heterocycles. The number of unbranched alkanes of at least 4 members (excludes halogenated alkanes) is 2. The van der Waals surface area contributed by atoms with E-state index in [2.05, 4.69) is 25.0 Å². The Labute approximate surface area is 81.7 Å². The number of rotatable bonds is 4. The van der Waals surface area contributed by atoms with Gasteiger partial charge in [-0.15, -0.1) is 6.42 Å². The van der Waals surface area contributed by atoms with Gasteiger partial charge >= 0.3 is 0 Å². The first-order chi connectivity index (χ1) is 6.36. The quantitative estimate of drug-likeness (QED) is 0.448. The van der Waals surface area contributed by atoms with Gasteiger partial charge < -0.3 is 0 Å². The lowest BCUT2D eigenvalue weighted by atomic mass is 9.95. The summed E-state index contributed by atoms with van der Waals surface area (Å²) >= 11 is 0. The van der Waals surface area contributed by atoms with E-state index in [1.54, 1.807) is 5.57 Å². The summed E-state index contributed by atoms with van der Waals surface area (Å²) in [5, 5.41) is 0. The summed E-state index contributed by atoms with van der Waals surface area (Å²) < 4.78 is 0. The molecule has 1 rings (SSSR count). The van der Waals surface area contributed by atoms with E-state index in [0.29, 0.717) is 0 Å². The average molecular weight is 174 g/mol. The molecule has 0 heteroatoms. The molecule has 70 valence electrons. The van der Waals surface area contributed by atoms with Crippen LogP contribution in [0.5, 0.6) is 0 Å². The molecule has 0 bridgehead atoms. The normalized spacial score (nSPS) is 16.0. The van der Waals surface area contributed by atoms with Gasteiger partial charge in [-0.1, -0.05) is 43.4 Å². The molecule has 0 amide bonds. The van der Waals surface area contributed by atoms with Gasteiger partial charge in [0, 0.05) is 5.57 Å². The zero-order valence-electron chi connectivity index (χ0n) is 8.47. The first kappa shape index (κ1) is 10.1. The van der Waals surface area contributed by atoms with Crippen LogP contribution in [-0.4, -0.2) is 0 Å². The van der Waals surface area contributed by atoms with Crippen LogP contribution in [0.25, 0.3) is 0 Å². The van der Waals surface area contributed by atoms with E-state index in [9.17, 15) is 0 Å². The van der Waals surface area contributed by atoms with Gasteiger partial charge in [-0.05, 0) is 25.7 Å². The minimum absolute atomic E-state index is 1.08. The fraction of sp³-hybridized carbons (Fsp3) is 0.538. The summed E-state index contributed by atoms with van der Waals surface area (Å²) in [6, 6.07) is 0. The molecule has 0 radical (unpaired) electrons. The van der Waals surface area contributed by atoms with Crippen LogP contribution in [0.3, 0.4) is 0 Å². The predicted molar refractivity (Wildman–Crippen MR) is 58.4 cm³/mol. The van der Waals surface area contributed by atoms with Gasteiger partial charge in [0.15, 0.2) is 0 Å². The van der Waals surface area contributed by atoms with Gasteiger partial charge in [-0.3, -0.25) is 0 Å². The number of terminal acetylenes is 1. The number of hydrogen-bond acceptors (Lipinski definition) is 0. The van der Waals surface area contributed by atoms with Crippen molar-refractivity contribution in [1.82, 2.24) is 0 Å².